The van der Waals surface area contributed by atoms with Crippen molar-refractivity contribution in [2.24, 2.45) is 0 Å². The summed E-state index contributed by atoms with van der Waals surface area (Å²) in [5.74, 6) is 1.85. The highest BCUT2D eigenvalue weighted by Gasteiger charge is 2.10. The molecular weight excluding hydrogens is 396 g/mol. The van der Waals surface area contributed by atoms with Crippen molar-refractivity contribution < 1.29 is 23.8 Å². The van der Waals surface area contributed by atoms with Gasteiger partial charge in [0.1, 0.15) is 23.0 Å². The number of anilines is 2. The van der Waals surface area contributed by atoms with Gasteiger partial charge in [0, 0.05) is 12.6 Å². The van der Waals surface area contributed by atoms with Crippen LogP contribution in [0.4, 0.5) is 11.4 Å². The molecule has 0 spiro atoms. The van der Waals surface area contributed by atoms with Gasteiger partial charge in [-0.05, 0) is 61.5 Å². The van der Waals surface area contributed by atoms with Gasteiger partial charge >= 0.3 is 0 Å². The number of ether oxygens (including phenoxy) is 3. The van der Waals surface area contributed by atoms with Crippen LogP contribution in [0.2, 0.25) is 0 Å². The Kier molecular flexibility index (Phi) is 7.11. The predicted molar refractivity (Wildman–Crippen MR) is 119 cm³/mol. The fourth-order valence-electron chi connectivity index (χ4n) is 2.77. The van der Waals surface area contributed by atoms with E-state index in [4.69, 9.17) is 14.2 Å². The maximum Gasteiger partial charge on any atom is 0.262 e. The molecule has 3 aromatic carbocycles. The average molecular weight is 420 g/mol. The van der Waals surface area contributed by atoms with Crippen LogP contribution in [-0.2, 0) is 9.59 Å². The zero-order chi connectivity index (χ0) is 22.2. The number of amides is 2. The summed E-state index contributed by atoms with van der Waals surface area (Å²) in [5, 5.41) is 5.39. The summed E-state index contributed by atoms with van der Waals surface area (Å²) >= 11 is 0. The Labute approximate surface area is 180 Å². The minimum atomic E-state index is -0.363. The molecule has 0 aliphatic carbocycles. The molecule has 0 aromatic heterocycles. The van der Waals surface area contributed by atoms with E-state index >= 15 is 0 Å². The van der Waals surface area contributed by atoms with Crippen LogP contribution in [0.15, 0.2) is 66.7 Å². The molecule has 3 aromatic rings. The van der Waals surface area contributed by atoms with Gasteiger partial charge in [-0.25, -0.2) is 0 Å². The van der Waals surface area contributed by atoms with Gasteiger partial charge in [0.05, 0.1) is 12.8 Å². The lowest BCUT2D eigenvalue weighted by molar-refractivity contribution is -0.118. The maximum absolute atomic E-state index is 12.3. The molecule has 0 aliphatic rings. The first-order chi connectivity index (χ1) is 14.9. The third kappa shape index (κ3) is 6.50. The molecule has 0 heterocycles. The maximum atomic E-state index is 12.3. The summed E-state index contributed by atoms with van der Waals surface area (Å²) in [7, 11) is 1.50. The normalized spacial score (nSPS) is 10.2. The van der Waals surface area contributed by atoms with Gasteiger partial charge in [0.15, 0.2) is 6.61 Å². The Bertz CT molecular complexity index is 1050. The van der Waals surface area contributed by atoms with E-state index in [2.05, 4.69) is 10.6 Å². The summed E-state index contributed by atoms with van der Waals surface area (Å²) in [6.45, 7) is 3.24. The summed E-state index contributed by atoms with van der Waals surface area (Å²) < 4.78 is 16.6. The second kappa shape index (κ2) is 10.2. The first-order valence-corrected chi connectivity index (χ1v) is 9.66. The van der Waals surface area contributed by atoms with Gasteiger partial charge in [-0.2, -0.15) is 0 Å². The second-order valence-corrected chi connectivity index (χ2v) is 6.82. The summed E-state index contributed by atoms with van der Waals surface area (Å²) in [4.78, 5) is 23.6. The molecule has 0 aliphatic heterocycles. The van der Waals surface area contributed by atoms with E-state index < -0.39 is 0 Å². The van der Waals surface area contributed by atoms with Crippen molar-refractivity contribution in [1.29, 1.82) is 0 Å². The number of benzene rings is 3. The number of rotatable bonds is 8. The van der Waals surface area contributed by atoms with Gasteiger partial charge < -0.3 is 24.8 Å². The summed E-state index contributed by atoms with van der Waals surface area (Å²) in [6.07, 6.45) is 0. The van der Waals surface area contributed by atoms with Crippen LogP contribution in [0.3, 0.4) is 0 Å². The zero-order valence-corrected chi connectivity index (χ0v) is 17.6. The van der Waals surface area contributed by atoms with Gasteiger partial charge in [-0.1, -0.05) is 17.7 Å². The van der Waals surface area contributed by atoms with E-state index in [0.717, 1.165) is 11.3 Å². The van der Waals surface area contributed by atoms with Crippen molar-refractivity contribution in [2.45, 2.75) is 13.8 Å². The van der Waals surface area contributed by atoms with Gasteiger partial charge in [0.25, 0.3) is 5.91 Å². The molecule has 7 heteroatoms. The van der Waals surface area contributed by atoms with Crippen molar-refractivity contribution in [2.75, 3.05) is 24.4 Å². The number of carbonyl (C=O) groups excluding carboxylic acids is 2. The minimum Gasteiger partial charge on any atom is -0.495 e. The van der Waals surface area contributed by atoms with E-state index in [1.165, 1.54) is 14.0 Å². The predicted octanol–water partition coefficient (Wildman–Crippen LogP) is 4.77. The molecule has 0 atom stereocenters. The van der Waals surface area contributed by atoms with Gasteiger partial charge in [-0.15, -0.1) is 0 Å². The quantitative estimate of drug-likeness (QED) is 0.548. The average Bonchev–Trinajstić information content (AvgIpc) is 2.75. The fraction of sp³-hybridized carbons (Fsp3) is 0.167. The first kappa shape index (κ1) is 21.7. The van der Waals surface area contributed by atoms with Crippen LogP contribution >= 0.6 is 0 Å². The third-order valence-electron chi connectivity index (χ3n) is 4.24. The standard InChI is InChI=1S/C24H24N2O5/c1-16-4-7-20(8-5-16)31-21-11-9-19(10-12-21)30-15-24(28)26-22-14-18(25-17(2)27)6-13-23(22)29-3/h4-14H,15H2,1-3H3,(H,25,27)(H,26,28). The van der Waals surface area contributed by atoms with Crippen LogP contribution in [0.5, 0.6) is 23.0 Å². The molecule has 31 heavy (non-hydrogen) atoms. The number of hydrogen-bond acceptors (Lipinski definition) is 5. The van der Waals surface area contributed by atoms with Crippen molar-refractivity contribution >= 4 is 23.2 Å². The Morgan fingerprint density at radius 3 is 2.06 bits per heavy atom. The van der Waals surface area contributed by atoms with E-state index in [9.17, 15) is 9.59 Å². The number of aryl methyl sites for hydroxylation is 1. The van der Waals surface area contributed by atoms with E-state index in [0.29, 0.717) is 28.6 Å². The first-order valence-electron chi connectivity index (χ1n) is 9.66. The van der Waals surface area contributed by atoms with Crippen LogP contribution in [0.1, 0.15) is 12.5 Å². The van der Waals surface area contributed by atoms with Gasteiger partial charge in [0.2, 0.25) is 5.91 Å². The zero-order valence-electron chi connectivity index (χ0n) is 17.6. The lowest BCUT2D eigenvalue weighted by atomic mass is 10.2. The van der Waals surface area contributed by atoms with Gasteiger partial charge in [-0.3, -0.25) is 9.59 Å². The Morgan fingerprint density at radius 2 is 1.45 bits per heavy atom. The molecule has 0 radical (unpaired) electrons. The number of carbonyl (C=O) groups is 2. The Morgan fingerprint density at radius 1 is 0.839 bits per heavy atom. The molecule has 2 amide bonds. The van der Waals surface area contributed by atoms with Crippen molar-refractivity contribution in [1.82, 2.24) is 0 Å². The van der Waals surface area contributed by atoms with Crippen LogP contribution in [0.25, 0.3) is 0 Å². The fourth-order valence-corrected chi connectivity index (χ4v) is 2.77. The van der Waals surface area contributed by atoms with Crippen molar-refractivity contribution in [3.63, 3.8) is 0 Å². The lowest BCUT2D eigenvalue weighted by Gasteiger charge is -2.13. The lowest BCUT2D eigenvalue weighted by Crippen LogP contribution is -2.20. The molecule has 7 nitrogen and oxygen atoms in total. The minimum absolute atomic E-state index is 0.189. The molecule has 0 fully saturated rings. The molecule has 0 unspecified atom stereocenters. The highest BCUT2D eigenvalue weighted by Crippen LogP contribution is 2.28. The molecule has 0 saturated heterocycles. The Hall–Kier alpha value is -4.00. The van der Waals surface area contributed by atoms with Crippen molar-refractivity contribution in [3.05, 3.63) is 72.3 Å². The van der Waals surface area contributed by atoms with E-state index in [1.54, 1.807) is 42.5 Å². The van der Waals surface area contributed by atoms with Crippen LogP contribution < -0.4 is 24.8 Å². The van der Waals surface area contributed by atoms with Crippen LogP contribution in [-0.4, -0.2) is 25.5 Å². The van der Waals surface area contributed by atoms with Crippen molar-refractivity contribution in [3.8, 4) is 23.0 Å². The molecule has 0 saturated carbocycles. The number of methoxy groups -OCH3 is 1. The highest BCUT2D eigenvalue weighted by molar-refractivity contribution is 5.95. The number of nitrogens with one attached hydrogen (secondary N) is 2. The Balaban J connectivity index is 1.55. The molecule has 2 N–H and O–H groups in total. The second-order valence-electron chi connectivity index (χ2n) is 6.82. The summed E-state index contributed by atoms with van der Waals surface area (Å²) in [5.41, 5.74) is 2.15. The largest absolute Gasteiger partial charge is 0.495 e. The SMILES string of the molecule is COc1ccc(NC(C)=O)cc1NC(=O)COc1ccc(Oc2ccc(C)cc2)cc1. The molecule has 3 rings (SSSR count). The molecular formula is C24H24N2O5. The number of hydrogen-bond donors (Lipinski definition) is 2. The van der Waals surface area contributed by atoms with Crippen LogP contribution in [0, 0.1) is 6.92 Å². The smallest absolute Gasteiger partial charge is 0.262 e. The van der Waals surface area contributed by atoms with E-state index in [-0.39, 0.29) is 18.4 Å². The molecule has 160 valence electrons. The molecule has 0 bridgehead atoms. The summed E-state index contributed by atoms with van der Waals surface area (Å²) in [6, 6.07) is 19.7. The highest BCUT2D eigenvalue weighted by atomic mass is 16.5. The monoisotopic (exact) mass is 420 g/mol. The third-order valence-corrected chi connectivity index (χ3v) is 4.24. The topological polar surface area (TPSA) is 85.9 Å². The van der Waals surface area contributed by atoms with E-state index in [1.807, 2.05) is 31.2 Å².